The summed E-state index contributed by atoms with van der Waals surface area (Å²) in [5, 5.41) is 9.00. The number of rotatable bonds is 5. The molecule has 1 fully saturated rings. The maximum Gasteiger partial charge on any atom is 0.307 e. The molecular weight excluding hydrogens is 284 g/mol. The molecule has 1 aliphatic heterocycles. The molecule has 1 aromatic heterocycles. The molecule has 0 radical (unpaired) electrons. The van der Waals surface area contributed by atoms with Gasteiger partial charge in [-0.1, -0.05) is 0 Å². The average molecular weight is 302 g/mol. The Hall–Kier alpha value is -1.38. The summed E-state index contributed by atoms with van der Waals surface area (Å²) >= 11 is 0. The Morgan fingerprint density at radius 1 is 1.60 bits per heavy atom. The first-order valence-electron chi connectivity index (χ1n) is 6.44. The molecule has 2 atom stereocenters. The van der Waals surface area contributed by atoms with E-state index in [1.165, 1.54) is 10.6 Å². The van der Waals surface area contributed by atoms with Crippen molar-refractivity contribution in [3.8, 4) is 0 Å². The maximum atomic E-state index is 12.2. The van der Waals surface area contributed by atoms with Crippen LogP contribution in [-0.4, -0.2) is 36.9 Å². The summed E-state index contributed by atoms with van der Waals surface area (Å²) in [4.78, 5) is 11.0. The van der Waals surface area contributed by atoms with Gasteiger partial charge in [-0.05, 0) is 31.9 Å². The first-order valence-corrected chi connectivity index (χ1v) is 7.88. The Labute approximate surface area is 117 Å². The SMILES string of the molecule is CC(NS(=O)(=O)N1CCCC(C(=O)O)C1)c1ccco1. The molecule has 0 bridgehead atoms. The molecule has 0 amide bonds. The normalized spacial score (nSPS) is 22.6. The molecule has 112 valence electrons. The van der Waals surface area contributed by atoms with Crippen LogP contribution in [0.3, 0.4) is 0 Å². The summed E-state index contributed by atoms with van der Waals surface area (Å²) in [6, 6.07) is 2.87. The van der Waals surface area contributed by atoms with Crippen molar-refractivity contribution < 1.29 is 22.7 Å². The van der Waals surface area contributed by atoms with E-state index in [9.17, 15) is 13.2 Å². The van der Waals surface area contributed by atoms with Crippen LogP contribution in [0.15, 0.2) is 22.8 Å². The lowest BCUT2D eigenvalue weighted by atomic mass is 10.0. The summed E-state index contributed by atoms with van der Waals surface area (Å²) in [5.41, 5.74) is 0. The van der Waals surface area contributed by atoms with Crippen LogP contribution in [0.4, 0.5) is 0 Å². The fourth-order valence-corrected chi connectivity index (χ4v) is 3.71. The van der Waals surface area contributed by atoms with Gasteiger partial charge in [0, 0.05) is 13.1 Å². The molecule has 1 aliphatic rings. The van der Waals surface area contributed by atoms with E-state index >= 15 is 0 Å². The van der Waals surface area contributed by atoms with Crippen molar-refractivity contribution in [1.82, 2.24) is 9.03 Å². The second-order valence-corrected chi connectivity index (χ2v) is 6.60. The van der Waals surface area contributed by atoms with Gasteiger partial charge in [0.1, 0.15) is 5.76 Å². The third-order valence-electron chi connectivity index (χ3n) is 3.37. The molecule has 2 rings (SSSR count). The maximum absolute atomic E-state index is 12.2. The van der Waals surface area contributed by atoms with E-state index in [0.29, 0.717) is 25.1 Å². The number of carboxylic acids is 1. The average Bonchev–Trinajstić information content (AvgIpc) is 2.92. The zero-order valence-corrected chi connectivity index (χ0v) is 12.0. The van der Waals surface area contributed by atoms with Crippen molar-refractivity contribution in [2.24, 2.45) is 5.92 Å². The Morgan fingerprint density at radius 3 is 2.95 bits per heavy atom. The Kier molecular flexibility index (Phi) is 4.46. The van der Waals surface area contributed by atoms with E-state index in [1.54, 1.807) is 19.1 Å². The van der Waals surface area contributed by atoms with Crippen LogP contribution in [0.1, 0.15) is 31.6 Å². The van der Waals surface area contributed by atoms with Crippen LogP contribution in [0.25, 0.3) is 0 Å². The zero-order chi connectivity index (χ0) is 14.8. The molecule has 0 spiro atoms. The number of piperidine rings is 1. The number of carbonyl (C=O) groups is 1. The minimum Gasteiger partial charge on any atom is -0.481 e. The molecule has 2 N–H and O–H groups in total. The van der Waals surface area contributed by atoms with Crippen LogP contribution in [-0.2, 0) is 15.0 Å². The summed E-state index contributed by atoms with van der Waals surface area (Å²) in [6.45, 7) is 2.02. The highest BCUT2D eigenvalue weighted by Gasteiger charge is 2.33. The first-order chi connectivity index (χ1) is 9.40. The number of hydrogen-bond acceptors (Lipinski definition) is 4. The smallest absolute Gasteiger partial charge is 0.307 e. The molecule has 0 aliphatic carbocycles. The largest absolute Gasteiger partial charge is 0.481 e. The number of furan rings is 1. The van der Waals surface area contributed by atoms with Crippen molar-refractivity contribution in [3.63, 3.8) is 0 Å². The predicted molar refractivity (Wildman–Crippen MR) is 71.1 cm³/mol. The van der Waals surface area contributed by atoms with Crippen LogP contribution in [0, 0.1) is 5.92 Å². The Bertz CT molecular complexity index is 554. The highest BCUT2D eigenvalue weighted by atomic mass is 32.2. The van der Waals surface area contributed by atoms with Gasteiger partial charge in [-0.3, -0.25) is 4.79 Å². The monoisotopic (exact) mass is 302 g/mol. The highest BCUT2D eigenvalue weighted by Crippen LogP contribution is 2.21. The molecule has 7 nitrogen and oxygen atoms in total. The van der Waals surface area contributed by atoms with E-state index in [1.807, 2.05) is 0 Å². The Balaban J connectivity index is 2.04. The van der Waals surface area contributed by atoms with E-state index in [0.717, 1.165) is 0 Å². The van der Waals surface area contributed by atoms with Crippen LogP contribution >= 0.6 is 0 Å². The van der Waals surface area contributed by atoms with E-state index in [4.69, 9.17) is 9.52 Å². The van der Waals surface area contributed by atoms with Crippen LogP contribution in [0.2, 0.25) is 0 Å². The van der Waals surface area contributed by atoms with Crippen molar-refractivity contribution in [1.29, 1.82) is 0 Å². The quantitative estimate of drug-likeness (QED) is 0.844. The van der Waals surface area contributed by atoms with Gasteiger partial charge < -0.3 is 9.52 Å². The van der Waals surface area contributed by atoms with Crippen LogP contribution in [0.5, 0.6) is 0 Å². The van der Waals surface area contributed by atoms with E-state index in [-0.39, 0.29) is 6.54 Å². The molecule has 20 heavy (non-hydrogen) atoms. The number of hydrogen-bond donors (Lipinski definition) is 2. The van der Waals surface area contributed by atoms with Gasteiger partial charge in [0.15, 0.2) is 0 Å². The fraction of sp³-hybridized carbons (Fsp3) is 0.583. The molecule has 2 heterocycles. The van der Waals surface area contributed by atoms with E-state index in [2.05, 4.69) is 4.72 Å². The molecule has 0 aromatic carbocycles. The van der Waals surface area contributed by atoms with Crippen molar-refractivity contribution in [2.45, 2.75) is 25.8 Å². The molecule has 1 saturated heterocycles. The molecule has 8 heteroatoms. The van der Waals surface area contributed by atoms with Crippen molar-refractivity contribution >= 4 is 16.2 Å². The number of nitrogens with zero attached hydrogens (tertiary/aromatic N) is 1. The topological polar surface area (TPSA) is 99.9 Å². The minimum atomic E-state index is -3.72. The molecule has 0 saturated carbocycles. The highest BCUT2D eigenvalue weighted by molar-refractivity contribution is 7.87. The second kappa shape index (κ2) is 5.94. The lowest BCUT2D eigenvalue weighted by Crippen LogP contribution is -2.47. The lowest BCUT2D eigenvalue weighted by molar-refractivity contribution is -0.142. The lowest BCUT2D eigenvalue weighted by Gasteiger charge is -2.30. The standard InChI is InChI=1S/C12H18N2O5S/c1-9(11-5-3-7-19-11)13-20(17,18)14-6-2-4-10(8-14)12(15)16/h3,5,7,9-10,13H,2,4,6,8H2,1H3,(H,15,16). The predicted octanol–water partition coefficient (Wildman–Crippen LogP) is 0.972. The minimum absolute atomic E-state index is 0.00947. The van der Waals surface area contributed by atoms with Gasteiger partial charge in [0.05, 0.1) is 18.2 Å². The van der Waals surface area contributed by atoms with Gasteiger partial charge >= 0.3 is 5.97 Å². The van der Waals surface area contributed by atoms with Crippen molar-refractivity contribution in [3.05, 3.63) is 24.2 Å². The van der Waals surface area contributed by atoms with Gasteiger partial charge in [-0.15, -0.1) is 0 Å². The first kappa shape index (κ1) is 15.0. The molecule has 1 aromatic rings. The fourth-order valence-electron chi connectivity index (χ4n) is 2.26. The van der Waals surface area contributed by atoms with Gasteiger partial charge in [-0.2, -0.15) is 17.4 Å². The van der Waals surface area contributed by atoms with Crippen LogP contribution < -0.4 is 4.72 Å². The van der Waals surface area contributed by atoms with Gasteiger partial charge in [0.2, 0.25) is 0 Å². The third kappa shape index (κ3) is 3.38. The molecule has 2 unspecified atom stereocenters. The summed E-state index contributed by atoms with van der Waals surface area (Å²) in [7, 11) is -3.72. The second-order valence-electron chi connectivity index (χ2n) is 4.90. The third-order valence-corrected chi connectivity index (χ3v) is 5.03. The summed E-state index contributed by atoms with van der Waals surface area (Å²) < 4.78 is 33.3. The molecular formula is C12H18N2O5S. The Morgan fingerprint density at radius 2 is 2.35 bits per heavy atom. The van der Waals surface area contributed by atoms with Gasteiger partial charge in [-0.25, -0.2) is 0 Å². The summed E-state index contributed by atoms with van der Waals surface area (Å²) in [5.74, 6) is -1.08. The zero-order valence-electron chi connectivity index (χ0n) is 11.2. The van der Waals surface area contributed by atoms with Gasteiger partial charge in [0.25, 0.3) is 10.2 Å². The van der Waals surface area contributed by atoms with Crippen molar-refractivity contribution in [2.75, 3.05) is 13.1 Å². The summed E-state index contributed by atoms with van der Waals surface area (Å²) in [6.07, 6.45) is 2.53. The number of nitrogens with one attached hydrogen (secondary N) is 1. The number of carboxylic acid groups (broad SMARTS) is 1. The van der Waals surface area contributed by atoms with E-state index < -0.39 is 28.1 Å². The number of aliphatic carboxylic acids is 1.